The van der Waals surface area contributed by atoms with E-state index in [1.165, 1.54) is 19.2 Å². The summed E-state index contributed by atoms with van der Waals surface area (Å²) in [6.07, 6.45) is 0. The number of ether oxygens (including phenoxy) is 1. The van der Waals surface area contributed by atoms with E-state index in [-0.39, 0.29) is 11.3 Å². The second kappa shape index (κ2) is 5.66. The summed E-state index contributed by atoms with van der Waals surface area (Å²) in [5.41, 5.74) is -2.08. The lowest BCUT2D eigenvalue weighted by Gasteiger charge is -2.18. The zero-order chi connectivity index (χ0) is 14.6. The number of carboxylic acids is 1. The molecular weight excluding hydrogens is 257 g/mol. The molecule has 0 heterocycles. The molecule has 0 saturated carbocycles. The third-order valence-corrected chi connectivity index (χ3v) is 2.47. The Bertz CT molecular complexity index is 501. The first-order chi connectivity index (χ1) is 8.77. The molecule has 0 aromatic heterocycles. The predicted molar refractivity (Wildman–Crippen MR) is 63.5 cm³/mol. The Hall–Kier alpha value is -2.15. The summed E-state index contributed by atoms with van der Waals surface area (Å²) in [5, 5.41) is 20.3. The molecule has 0 radical (unpaired) electrons. The van der Waals surface area contributed by atoms with E-state index in [1.807, 2.05) is 0 Å². The second-order valence-electron chi connectivity index (χ2n) is 4.11. The van der Waals surface area contributed by atoms with Gasteiger partial charge in [0.15, 0.2) is 17.2 Å². The van der Waals surface area contributed by atoms with Gasteiger partial charge in [-0.3, -0.25) is 4.79 Å². The molecule has 0 bridgehead atoms. The summed E-state index contributed by atoms with van der Waals surface area (Å²) < 4.78 is 18.1. The fraction of sp³-hybridized carbons (Fsp3) is 0.333. The Morgan fingerprint density at radius 1 is 1.47 bits per heavy atom. The minimum Gasteiger partial charge on any atom is -0.494 e. The van der Waals surface area contributed by atoms with Crippen molar-refractivity contribution >= 4 is 11.9 Å². The number of benzene rings is 1. The topological polar surface area (TPSA) is 95.9 Å². The number of carboxylic acid groups (broad SMARTS) is 1. The average Bonchev–Trinajstić information content (AvgIpc) is 2.35. The van der Waals surface area contributed by atoms with Crippen molar-refractivity contribution in [2.75, 3.05) is 13.7 Å². The molecule has 1 rings (SSSR count). The Labute approximate surface area is 108 Å². The van der Waals surface area contributed by atoms with E-state index in [0.29, 0.717) is 0 Å². The predicted octanol–water partition coefficient (Wildman–Crippen LogP) is 0.400. The highest BCUT2D eigenvalue weighted by Gasteiger charge is 2.30. The molecule has 1 aromatic carbocycles. The highest BCUT2D eigenvalue weighted by atomic mass is 19.1. The summed E-state index contributed by atoms with van der Waals surface area (Å²) in [6.45, 7) is 0.555. The normalized spacial score (nSPS) is 13.5. The third kappa shape index (κ3) is 3.65. The molecule has 0 aliphatic rings. The smallest absolute Gasteiger partial charge is 0.337 e. The van der Waals surface area contributed by atoms with Crippen LogP contribution in [0.15, 0.2) is 18.2 Å². The number of hydrogen-bond acceptors (Lipinski definition) is 4. The summed E-state index contributed by atoms with van der Waals surface area (Å²) in [5.74, 6) is -2.87. The molecule has 7 heteroatoms. The van der Waals surface area contributed by atoms with Crippen LogP contribution in [0.4, 0.5) is 4.39 Å². The van der Waals surface area contributed by atoms with Crippen LogP contribution in [0.5, 0.6) is 5.75 Å². The van der Waals surface area contributed by atoms with E-state index in [2.05, 4.69) is 5.32 Å². The summed E-state index contributed by atoms with van der Waals surface area (Å²) in [7, 11) is 1.29. The average molecular weight is 271 g/mol. The van der Waals surface area contributed by atoms with Crippen molar-refractivity contribution in [1.82, 2.24) is 5.32 Å². The van der Waals surface area contributed by atoms with Crippen molar-refractivity contribution in [2.24, 2.45) is 0 Å². The molecule has 0 aliphatic heterocycles. The Kier molecular flexibility index (Phi) is 4.44. The number of amides is 1. The lowest BCUT2D eigenvalue weighted by molar-refractivity contribution is -0.155. The van der Waals surface area contributed by atoms with E-state index in [0.717, 1.165) is 13.0 Å². The lowest BCUT2D eigenvalue weighted by atomic mass is 10.1. The number of carbonyl (C=O) groups excluding carboxylic acids is 1. The number of nitrogens with one attached hydrogen (secondary N) is 1. The van der Waals surface area contributed by atoms with Gasteiger partial charge in [-0.1, -0.05) is 0 Å². The first kappa shape index (κ1) is 14.9. The highest BCUT2D eigenvalue weighted by molar-refractivity contribution is 5.94. The van der Waals surface area contributed by atoms with Gasteiger partial charge in [-0.2, -0.15) is 0 Å². The quantitative estimate of drug-likeness (QED) is 0.720. The van der Waals surface area contributed by atoms with E-state index in [1.54, 1.807) is 0 Å². The van der Waals surface area contributed by atoms with E-state index < -0.39 is 29.8 Å². The fourth-order valence-electron chi connectivity index (χ4n) is 1.24. The van der Waals surface area contributed by atoms with Gasteiger partial charge in [0, 0.05) is 5.56 Å². The monoisotopic (exact) mass is 271 g/mol. The van der Waals surface area contributed by atoms with Crippen LogP contribution in [0.3, 0.4) is 0 Å². The standard InChI is InChI=1S/C12H14FNO5/c1-12(18,11(16)17)6-14-10(15)7-3-4-9(19-2)8(13)5-7/h3-5,18H,6H2,1-2H3,(H,14,15)(H,16,17). The number of aliphatic carboxylic acids is 1. The Morgan fingerprint density at radius 2 is 2.11 bits per heavy atom. The Balaban J connectivity index is 2.74. The van der Waals surface area contributed by atoms with E-state index >= 15 is 0 Å². The SMILES string of the molecule is COc1ccc(C(=O)NCC(C)(O)C(=O)O)cc1F. The molecule has 1 atom stereocenters. The van der Waals surface area contributed by atoms with Crippen LogP contribution >= 0.6 is 0 Å². The largest absolute Gasteiger partial charge is 0.494 e. The summed E-state index contributed by atoms with van der Waals surface area (Å²) in [4.78, 5) is 22.3. The van der Waals surface area contributed by atoms with Crippen molar-refractivity contribution in [3.05, 3.63) is 29.6 Å². The number of methoxy groups -OCH3 is 1. The van der Waals surface area contributed by atoms with Gasteiger partial charge < -0.3 is 20.3 Å². The molecule has 0 fully saturated rings. The molecule has 1 aromatic rings. The molecule has 6 nitrogen and oxygen atoms in total. The van der Waals surface area contributed by atoms with Crippen LogP contribution in [0.2, 0.25) is 0 Å². The van der Waals surface area contributed by atoms with Gasteiger partial charge in [0.25, 0.3) is 5.91 Å². The van der Waals surface area contributed by atoms with Gasteiger partial charge in [0.2, 0.25) is 0 Å². The number of carbonyl (C=O) groups is 2. The number of rotatable bonds is 5. The molecule has 0 saturated heterocycles. The van der Waals surface area contributed by atoms with Crippen LogP contribution < -0.4 is 10.1 Å². The molecule has 0 aliphatic carbocycles. The maximum atomic E-state index is 13.4. The first-order valence-electron chi connectivity index (χ1n) is 5.35. The van der Waals surface area contributed by atoms with Gasteiger partial charge in [0.05, 0.1) is 13.7 Å². The van der Waals surface area contributed by atoms with Crippen molar-refractivity contribution < 1.29 is 28.9 Å². The van der Waals surface area contributed by atoms with Crippen molar-refractivity contribution in [3.63, 3.8) is 0 Å². The second-order valence-corrected chi connectivity index (χ2v) is 4.11. The molecular formula is C12H14FNO5. The molecule has 1 amide bonds. The minimum absolute atomic E-state index is 0.000473. The van der Waals surface area contributed by atoms with Crippen LogP contribution in [-0.4, -0.2) is 41.3 Å². The van der Waals surface area contributed by atoms with E-state index in [4.69, 9.17) is 9.84 Å². The van der Waals surface area contributed by atoms with Crippen molar-refractivity contribution in [2.45, 2.75) is 12.5 Å². The zero-order valence-electron chi connectivity index (χ0n) is 10.4. The minimum atomic E-state index is -2.08. The van der Waals surface area contributed by atoms with Gasteiger partial charge in [-0.05, 0) is 25.1 Å². The molecule has 104 valence electrons. The van der Waals surface area contributed by atoms with Crippen molar-refractivity contribution in [3.8, 4) is 5.75 Å². The highest BCUT2D eigenvalue weighted by Crippen LogP contribution is 2.17. The van der Waals surface area contributed by atoms with Crippen molar-refractivity contribution in [1.29, 1.82) is 0 Å². The Morgan fingerprint density at radius 3 is 2.58 bits per heavy atom. The molecule has 1 unspecified atom stereocenters. The summed E-state index contributed by atoms with van der Waals surface area (Å²) >= 11 is 0. The van der Waals surface area contributed by atoms with Gasteiger partial charge >= 0.3 is 5.97 Å². The number of halogens is 1. The lowest BCUT2D eigenvalue weighted by Crippen LogP contribution is -2.46. The molecule has 19 heavy (non-hydrogen) atoms. The maximum Gasteiger partial charge on any atom is 0.337 e. The van der Waals surface area contributed by atoms with Crippen LogP contribution in [0.1, 0.15) is 17.3 Å². The van der Waals surface area contributed by atoms with E-state index in [9.17, 15) is 19.1 Å². The third-order valence-electron chi connectivity index (χ3n) is 2.47. The van der Waals surface area contributed by atoms with Gasteiger partial charge in [-0.25, -0.2) is 9.18 Å². The van der Waals surface area contributed by atoms with Gasteiger partial charge in [-0.15, -0.1) is 0 Å². The first-order valence-corrected chi connectivity index (χ1v) is 5.35. The molecule has 3 N–H and O–H groups in total. The molecule has 0 spiro atoms. The zero-order valence-corrected chi connectivity index (χ0v) is 10.4. The number of hydrogen-bond donors (Lipinski definition) is 3. The van der Waals surface area contributed by atoms with Crippen LogP contribution in [-0.2, 0) is 4.79 Å². The van der Waals surface area contributed by atoms with Crippen LogP contribution in [0.25, 0.3) is 0 Å². The van der Waals surface area contributed by atoms with Gasteiger partial charge in [0.1, 0.15) is 0 Å². The van der Waals surface area contributed by atoms with Crippen LogP contribution in [0, 0.1) is 5.82 Å². The maximum absolute atomic E-state index is 13.4. The fourth-order valence-corrected chi connectivity index (χ4v) is 1.24. The summed E-state index contributed by atoms with van der Waals surface area (Å²) in [6, 6.07) is 3.57. The number of aliphatic hydroxyl groups is 1.